The molecule has 14 heteroatoms. The smallest absolute Gasteiger partial charge is 0.315 e. The van der Waals surface area contributed by atoms with Crippen LogP contribution in [0.2, 0.25) is 0 Å². The van der Waals surface area contributed by atoms with Crippen molar-refractivity contribution in [3.8, 4) is 11.5 Å². The summed E-state index contributed by atoms with van der Waals surface area (Å²) in [4.78, 5) is 47.7. The van der Waals surface area contributed by atoms with Crippen molar-refractivity contribution < 1.29 is 24.2 Å². The summed E-state index contributed by atoms with van der Waals surface area (Å²) in [5, 5.41) is 18.9. The second kappa shape index (κ2) is 19.5. The van der Waals surface area contributed by atoms with Crippen molar-refractivity contribution in [3.05, 3.63) is 56.5 Å². The van der Waals surface area contributed by atoms with Crippen molar-refractivity contribution in [3.63, 3.8) is 0 Å². The number of halogens is 2. The Balaban J connectivity index is 1.43. The van der Waals surface area contributed by atoms with Crippen molar-refractivity contribution >= 4 is 49.7 Å². The van der Waals surface area contributed by atoms with Gasteiger partial charge in [-0.25, -0.2) is 4.79 Å². The maximum Gasteiger partial charge on any atom is 0.315 e. The largest absolute Gasteiger partial charge is 0.506 e. The van der Waals surface area contributed by atoms with Crippen LogP contribution in [-0.4, -0.2) is 122 Å². The number of phenols is 1. The number of nitrogens with two attached hydrogens (primary N) is 1. The average Bonchev–Trinajstić information content (AvgIpc) is 3.10. The summed E-state index contributed by atoms with van der Waals surface area (Å²) in [5.74, 6) is 0.207. The Labute approximate surface area is 306 Å². The number of amides is 4. The van der Waals surface area contributed by atoms with E-state index in [9.17, 15) is 19.5 Å². The summed E-state index contributed by atoms with van der Waals surface area (Å²) in [5.41, 5.74) is 7.47. The molecule has 270 valence electrons. The van der Waals surface area contributed by atoms with Crippen LogP contribution in [0.3, 0.4) is 0 Å². The van der Waals surface area contributed by atoms with E-state index in [1.165, 1.54) is 0 Å². The van der Waals surface area contributed by atoms with E-state index in [1.807, 2.05) is 29.2 Å². The molecule has 0 saturated carbocycles. The number of methoxy groups -OCH3 is 1. The van der Waals surface area contributed by atoms with Gasteiger partial charge in [-0.15, -0.1) is 0 Å². The Hall–Kier alpha value is -2.91. The van der Waals surface area contributed by atoms with E-state index in [-0.39, 0.29) is 18.1 Å². The predicted octanol–water partition coefficient (Wildman–Crippen LogP) is 3.23. The van der Waals surface area contributed by atoms with Crippen molar-refractivity contribution in [2.75, 3.05) is 66.5 Å². The zero-order valence-electron chi connectivity index (χ0n) is 28.6. The van der Waals surface area contributed by atoms with Crippen LogP contribution in [0.4, 0.5) is 4.79 Å². The molecule has 0 spiro atoms. The number of nitrogens with zero attached hydrogens (tertiary/aromatic N) is 3. The molecule has 0 aromatic heterocycles. The number of unbranched alkanes of at least 4 members (excludes halogenated alkanes) is 1. The van der Waals surface area contributed by atoms with E-state index >= 15 is 0 Å². The van der Waals surface area contributed by atoms with Gasteiger partial charge in [0.1, 0.15) is 23.6 Å². The third kappa shape index (κ3) is 11.8. The van der Waals surface area contributed by atoms with Gasteiger partial charge in [-0.3, -0.25) is 14.5 Å². The second-order valence-electron chi connectivity index (χ2n) is 12.9. The lowest BCUT2D eigenvalue weighted by Crippen LogP contribution is -2.59. The molecular formula is C35H51Br2N7O5. The van der Waals surface area contributed by atoms with Crippen LogP contribution in [-0.2, 0) is 22.4 Å². The molecule has 2 aromatic carbocycles. The third-order valence-electron chi connectivity index (χ3n) is 9.36. The Morgan fingerprint density at radius 1 is 0.959 bits per heavy atom. The van der Waals surface area contributed by atoms with Crippen LogP contribution in [0.25, 0.3) is 0 Å². The van der Waals surface area contributed by atoms with Crippen LogP contribution in [0.15, 0.2) is 45.3 Å². The summed E-state index contributed by atoms with van der Waals surface area (Å²) in [6, 6.07) is 9.33. The maximum atomic E-state index is 14.0. The van der Waals surface area contributed by atoms with E-state index < -0.39 is 24.0 Å². The van der Waals surface area contributed by atoms with Gasteiger partial charge in [-0.1, -0.05) is 12.1 Å². The first kappa shape index (κ1) is 38.9. The molecule has 2 aliphatic rings. The minimum atomic E-state index is -0.994. The molecule has 12 nitrogen and oxygen atoms in total. The van der Waals surface area contributed by atoms with Crippen molar-refractivity contribution in [2.24, 2.45) is 5.73 Å². The molecule has 0 aliphatic carbocycles. The third-order valence-corrected chi connectivity index (χ3v) is 10.6. The number of likely N-dealkylation sites (tertiary alicyclic amines) is 1. The lowest BCUT2D eigenvalue weighted by Gasteiger charge is -2.42. The molecule has 2 fully saturated rings. The van der Waals surface area contributed by atoms with Crippen molar-refractivity contribution in [1.82, 2.24) is 30.7 Å². The van der Waals surface area contributed by atoms with Crippen LogP contribution in [0, 0.1) is 0 Å². The predicted molar refractivity (Wildman–Crippen MR) is 198 cm³/mol. The highest BCUT2D eigenvalue weighted by atomic mass is 79.9. The number of carbonyl (C=O) groups is 3. The van der Waals surface area contributed by atoms with Gasteiger partial charge < -0.3 is 41.3 Å². The first-order valence-corrected chi connectivity index (χ1v) is 18.7. The fourth-order valence-electron chi connectivity index (χ4n) is 6.45. The molecule has 49 heavy (non-hydrogen) atoms. The zero-order valence-corrected chi connectivity index (χ0v) is 31.7. The zero-order chi connectivity index (χ0) is 35.3. The quantitative estimate of drug-likeness (QED) is 0.172. The number of carbonyl (C=O) groups excluding carboxylic acids is 3. The van der Waals surface area contributed by atoms with Gasteiger partial charge in [0.05, 0.1) is 16.1 Å². The number of piperidine rings is 1. The molecule has 0 radical (unpaired) electrons. The minimum absolute atomic E-state index is 0.0366. The number of ether oxygens (including phenoxy) is 1. The second-order valence-corrected chi connectivity index (χ2v) is 14.6. The summed E-state index contributed by atoms with van der Waals surface area (Å²) in [6.45, 7) is 5.87. The lowest BCUT2D eigenvalue weighted by atomic mass is 10.0. The first-order chi connectivity index (χ1) is 23.6. The van der Waals surface area contributed by atoms with Crippen LogP contribution >= 0.6 is 31.9 Å². The van der Waals surface area contributed by atoms with Crippen molar-refractivity contribution in [1.29, 1.82) is 0 Å². The molecular weight excluding hydrogens is 758 g/mol. The number of phenolic OH excluding ortho intramolecular Hbond substituents is 1. The monoisotopic (exact) mass is 807 g/mol. The van der Waals surface area contributed by atoms with E-state index in [1.54, 1.807) is 19.2 Å². The fourth-order valence-corrected chi connectivity index (χ4v) is 7.73. The van der Waals surface area contributed by atoms with Crippen molar-refractivity contribution in [2.45, 2.75) is 63.1 Å². The molecule has 2 atom stereocenters. The number of nitrogens with one attached hydrogen (secondary N) is 3. The molecule has 0 bridgehead atoms. The Morgan fingerprint density at radius 2 is 1.65 bits per heavy atom. The van der Waals surface area contributed by atoms with Gasteiger partial charge in [0.2, 0.25) is 11.8 Å². The minimum Gasteiger partial charge on any atom is -0.506 e. The van der Waals surface area contributed by atoms with E-state index in [0.717, 1.165) is 56.8 Å². The molecule has 2 aliphatic heterocycles. The SMILES string of the molecule is COc1cccc(CCNC(=O)NC(Cc2cc(Br)c(O)c(Br)c2)C(=O)NC(CCCCN)C(=O)N2CCN(C3CCN(C)CC3)CC2)c1. The van der Waals surface area contributed by atoms with Crippen LogP contribution in [0.1, 0.15) is 43.2 Å². The highest BCUT2D eigenvalue weighted by Gasteiger charge is 2.33. The van der Waals surface area contributed by atoms with Crippen LogP contribution < -0.4 is 26.4 Å². The summed E-state index contributed by atoms with van der Waals surface area (Å²) in [7, 11) is 3.76. The van der Waals surface area contributed by atoms with Crippen LogP contribution in [0.5, 0.6) is 11.5 Å². The molecule has 2 unspecified atom stereocenters. The van der Waals surface area contributed by atoms with E-state index in [0.29, 0.717) is 66.0 Å². The first-order valence-electron chi connectivity index (χ1n) is 17.1. The number of hydrogen-bond acceptors (Lipinski definition) is 8. The Morgan fingerprint density at radius 3 is 2.31 bits per heavy atom. The highest BCUT2D eigenvalue weighted by molar-refractivity contribution is 9.11. The number of urea groups is 1. The number of rotatable bonds is 15. The molecule has 4 amide bonds. The topological polar surface area (TPSA) is 153 Å². The van der Waals surface area contributed by atoms with Gasteiger partial charge in [0, 0.05) is 45.2 Å². The van der Waals surface area contributed by atoms with Gasteiger partial charge >= 0.3 is 6.03 Å². The fraction of sp³-hybridized carbons (Fsp3) is 0.571. The standard InChI is InChI=1S/C35H51Br2N7O5/c1-42-14-10-26(11-15-42)43-16-18-44(19-17-43)34(47)30(8-3-4-12-38)40-33(46)31(23-25-21-28(36)32(45)29(37)22-25)41-35(48)39-13-9-24-6-5-7-27(20-24)49-2/h5-7,20-22,26,30-31,45H,3-4,8-19,23,38H2,1-2H3,(H,40,46)(H2,39,41,48). The van der Waals surface area contributed by atoms with Gasteiger partial charge in [-0.2, -0.15) is 0 Å². The maximum absolute atomic E-state index is 14.0. The van der Waals surface area contributed by atoms with Gasteiger partial charge in [0.15, 0.2) is 0 Å². The van der Waals surface area contributed by atoms with E-state index in [2.05, 4.69) is 64.7 Å². The number of benzene rings is 2. The molecule has 2 saturated heterocycles. The Kier molecular flexibility index (Phi) is 15.5. The summed E-state index contributed by atoms with van der Waals surface area (Å²) < 4.78 is 6.19. The normalized spacial score (nSPS) is 17.3. The highest BCUT2D eigenvalue weighted by Crippen LogP contribution is 2.33. The summed E-state index contributed by atoms with van der Waals surface area (Å²) >= 11 is 6.71. The van der Waals surface area contributed by atoms with Gasteiger partial charge in [0.25, 0.3) is 0 Å². The molecule has 4 rings (SSSR count). The average molecular weight is 810 g/mol. The number of aromatic hydroxyl groups is 1. The molecule has 2 aromatic rings. The van der Waals surface area contributed by atoms with E-state index in [4.69, 9.17) is 10.5 Å². The molecule has 2 heterocycles. The molecule has 6 N–H and O–H groups in total. The summed E-state index contributed by atoms with van der Waals surface area (Å²) in [6.07, 6.45) is 4.85. The number of hydrogen-bond donors (Lipinski definition) is 5. The lowest BCUT2D eigenvalue weighted by molar-refractivity contribution is -0.139. The number of piperazine rings is 1. The Bertz CT molecular complexity index is 1380. The van der Waals surface area contributed by atoms with Gasteiger partial charge in [-0.05, 0) is 132 Å².